The van der Waals surface area contributed by atoms with E-state index in [1.807, 2.05) is 12.1 Å². The van der Waals surface area contributed by atoms with E-state index in [9.17, 15) is 4.79 Å². The van der Waals surface area contributed by atoms with Gasteiger partial charge in [0.2, 0.25) is 0 Å². The van der Waals surface area contributed by atoms with Gasteiger partial charge in [0.05, 0.1) is 13.0 Å². The lowest BCUT2D eigenvalue weighted by atomic mass is 9.85. The quantitative estimate of drug-likeness (QED) is 0.582. The van der Waals surface area contributed by atoms with Crippen molar-refractivity contribution in [2.75, 3.05) is 6.61 Å². The van der Waals surface area contributed by atoms with Gasteiger partial charge >= 0.3 is 5.97 Å². The summed E-state index contributed by atoms with van der Waals surface area (Å²) in [6.45, 7) is 6.95. The molecule has 0 aromatic heterocycles. The molecule has 1 aromatic rings. The average molecular weight is 324 g/mol. The molecule has 0 aliphatic carbocycles. The first-order valence-corrected chi connectivity index (χ1v) is 8.67. The Labute approximate surface area is 138 Å². The highest BCUT2D eigenvalue weighted by atomic mass is 35.5. The maximum Gasteiger partial charge on any atom is 0.307 e. The maximum absolute atomic E-state index is 12.1. The maximum atomic E-state index is 12.1. The lowest BCUT2D eigenvalue weighted by molar-refractivity contribution is -0.144. The van der Waals surface area contributed by atoms with Gasteiger partial charge in [0.15, 0.2) is 0 Å². The molecule has 2 rings (SSSR count). The third-order valence-electron chi connectivity index (χ3n) is 4.69. The standard InChI is InChI=1S/C18H26ClNO2/c1-4-7-10-22-17(21)12-16-14-11-13(19)8-9-15(14)18(5-2,6-3)20-16/h8-9,11,16,20H,4-7,10,12H2,1-3H3. The Morgan fingerprint density at radius 1 is 1.32 bits per heavy atom. The minimum absolute atomic E-state index is 0.0114. The van der Waals surface area contributed by atoms with Gasteiger partial charge in [-0.25, -0.2) is 0 Å². The van der Waals surface area contributed by atoms with Crippen LogP contribution < -0.4 is 5.32 Å². The molecular weight excluding hydrogens is 298 g/mol. The normalized spacial score (nSPS) is 19.0. The van der Waals surface area contributed by atoms with Gasteiger partial charge in [-0.05, 0) is 42.5 Å². The van der Waals surface area contributed by atoms with Gasteiger partial charge in [-0.1, -0.05) is 44.9 Å². The first-order valence-electron chi connectivity index (χ1n) is 8.29. The Balaban J connectivity index is 2.17. The summed E-state index contributed by atoms with van der Waals surface area (Å²) >= 11 is 6.16. The molecule has 4 heteroatoms. The van der Waals surface area contributed by atoms with Gasteiger partial charge < -0.3 is 4.74 Å². The highest BCUT2D eigenvalue weighted by Crippen LogP contribution is 2.44. The summed E-state index contributed by atoms with van der Waals surface area (Å²) in [5.74, 6) is -0.139. The minimum atomic E-state index is -0.139. The number of benzene rings is 1. The van der Waals surface area contributed by atoms with E-state index in [1.165, 1.54) is 5.56 Å². The molecule has 1 aliphatic rings. The van der Waals surface area contributed by atoms with Crippen LogP contribution in [0.3, 0.4) is 0 Å². The van der Waals surface area contributed by atoms with Crippen molar-refractivity contribution >= 4 is 17.6 Å². The molecule has 1 unspecified atom stereocenters. The lowest BCUT2D eigenvalue weighted by Gasteiger charge is -2.29. The van der Waals surface area contributed by atoms with Crippen molar-refractivity contribution in [3.63, 3.8) is 0 Å². The van der Waals surface area contributed by atoms with Crippen molar-refractivity contribution in [3.05, 3.63) is 34.3 Å². The van der Waals surface area contributed by atoms with Crippen LogP contribution in [0.15, 0.2) is 18.2 Å². The van der Waals surface area contributed by atoms with Crippen molar-refractivity contribution in [3.8, 4) is 0 Å². The lowest BCUT2D eigenvalue weighted by Crippen LogP contribution is -2.37. The summed E-state index contributed by atoms with van der Waals surface area (Å²) in [6, 6.07) is 6.01. The predicted molar refractivity (Wildman–Crippen MR) is 90.1 cm³/mol. The van der Waals surface area contributed by atoms with E-state index in [0.29, 0.717) is 18.1 Å². The van der Waals surface area contributed by atoms with Crippen molar-refractivity contribution in [1.82, 2.24) is 5.32 Å². The molecule has 1 aliphatic heterocycles. The summed E-state index contributed by atoms with van der Waals surface area (Å²) in [6.07, 6.45) is 4.28. The molecule has 1 aromatic carbocycles. The monoisotopic (exact) mass is 323 g/mol. The zero-order valence-corrected chi connectivity index (χ0v) is 14.5. The third kappa shape index (κ3) is 3.47. The van der Waals surface area contributed by atoms with E-state index < -0.39 is 0 Å². The van der Waals surface area contributed by atoms with E-state index in [1.54, 1.807) is 0 Å². The Kier molecular flexibility index (Phi) is 5.87. The van der Waals surface area contributed by atoms with Gasteiger partial charge in [0.25, 0.3) is 0 Å². The molecule has 0 saturated carbocycles. The number of fused-ring (bicyclic) bond motifs is 1. The molecule has 1 N–H and O–H groups in total. The Bertz CT molecular complexity index is 526. The van der Waals surface area contributed by atoms with Crippen LogP contribution in [0.1, 0.15) is 70.0 Å². The number of nitrogens with one attached hydrogen (secondary N) is 1. The molecule has 1 heterocycles. The number of ether oxygens (including phenoxy) is 1. The van der Waals surface area contributed by atoms with Gasteiger partial charge in [0.1, 0.15) is 0 Å². The number of unbranched alkanes of at least 4 members (excludes halogenated alkanes) is 1. The van der Waals surface area contributed by atoms with Crippen LogP contribution in [0.2, 0.25) is 5.02 Å². The van der Waals surface area contributed by atoms with Crippen LogP contribution in [0.5, 0.6) is 0 Å². The van der Waals surface area contributed by atoms with E-state index in [0.717, 1.165) is 31.2 Å². The molecule has 0 radical (unpaired) electrons. The number of rotatable bonds is 7. The van der Waals surface area contributed by atoms with Crippen LogP contribution in [-0.2, 0) is 15.1 Å². The molecule has 1 atom stereocenters. The predicted octanol–water partition coefficient (Wildman–Crippen LogP) is 4.73. The Morgan fingerprint density at radius 2 is 2.05 bits per heavy atom. The van der Waals surface area contributed by atoms with Gasteiger partial charge in [-0.2, -0.15) is 0 Å². The van der Waals surface area contributed by atoms with Gasteiger partial charge in [0, 0.05) is 16.6 Å². The second kappa shape index (κ2) is 7.47. The van der Waals surface area contributed by atoms with Crippen LogP contribution in [0, 0.1) is 0 Å². The average Bonchev–Trinajstić information content (AvgIpc) is 2.81. The summed E-state index contributed by atoms with van der Waals surface area (Å²) < 4.78 is 5.31. The molecule has 0 saturated heterocycles. The summed E-state index contributed by atoms with van der Waals surface area (Å²) in [5, 5.41) is 4.37. The van der Waals surface area contributed by atoms with Crippen molar-refractivity contribution in [1.29, 1.82) is 0 Å². The molecule has 0 fully saturated rings. The van der Waals surface area contributed by atoms with Crippen molar-refractivity contribution < 1.29 is 9.53 Å². The minimum Gasteiger partial charge on any atom is -0.466 e. The van der Waals surface area contributed by atoms with Gasteiger partial charge in [-0.3, -0.25) is 10.1 Å². The molecule has 3 nitrogen and oxygen atoms in total. The van der Waals surface area contributed by atoms with E-state index in [-0.39, 0.29) is 17.6 Å². The molecule has 122 valence electrons. The summed E-state index contributed by atoms with van der Waals surface area (Å²) in [7, 11) is 0. The largest absolute Gasteiger partial charge is 0.466 e. The smallest absolute Gasteiger partial charge is 0.307 e. The molecular formula is C18H26ClNO2. The number of esters is 1. The van der Waals surface area contributed by atoms with Crippen LogP contribution in [0.25, 0.3) is 0 Å². The second-order valence-corrected chi connectivity index (χ2v) is 6.43. The second-order valence-electron chi connectivity index (χ2n) is 6.00. The number of carbonyl (C=O) groups excluding carboxylic acids is 1. The summed E-state index contributed by atoms with van der Waals surface area (Å²) in [4.78, 5) is 12.1. The Hall–Kier alpha value is -1.06. The molecule has 0 amide bonds. The van der Waals surface area contributed by atoms with Crippen LogP contribution in [-0.4, -0.2) is 12.6 Å². The molecule has 0 bridgehead atoms. The number of halogens is 1. The molecule has 0 spiro atoms. The van der Waals surface area contributed by atoms with Crippen LogP contribution in [0.4, 0.5) is 0 Å². The number of hydrogen-bond acceptors (Lipinski definition) is 3. The highest BCUT2D eigenvalue weighted by molar-refractivity contribution is 6.30. The Morgan fingerprint density at radius 3 is 2.68 bits per heavy atom. The summed E-state index contributed by atoms with van der Waals surface area (Å²) in [5.41, 5.74) is 2.35. The SMILES string of the molecule is CCCCOC(=O)CC1NC(CC)(CC)c2ccc(Cl)cc21. The highest BCUT2D eigenvalue weighted by Gasteiger charge is 2.41. The fourth-order valence-electron chi connectivity index (χ4n) is 3.30. The van der Waals surface area contributed by atoms with E-state index in [4.69, 9.17) is 16.3 Å². The first-order chi connectivity index (χ1) is 10.6. The van der Waals surface area contributed by atoms with Gasteiger partial charge in [-0.15, -0.1) is 0 Å². The zero-order valence-electron chi connectivity index (χ0n) is 13.7. The van der Waals surface area contributed by atoms with Crippen molar-refractivity contribution in [2.24, 2.45) is 0 Å². The third-order valence-corrected chi connectivity index (χ3v) is 4.93. The molecule has 22 heavy (non-hydrogen) atoms. The van der Waals surface area contributed by atoms with Crippen LogP contribution >= 0.6 is 11.6 Å². The topological polar surface area (TPSA) is 38.3 Å². The zero-order chi connectivity index (χ0) is 16.2. The number of hydrogen-bond donors (Lipinski definition) is 1. The fraction of sp³-hybridized carbons (Fsp3) is 0.611. The van der Waals surface area contributed by atoms with E-state index in [2.05, 4.69) is 32.2 Å². The van der Waals surface area contributed by atoms with Crippen molar-refractivity contribution in [2.45, 2.75) is 64.5 Å². The fourth-order valence-corrected chi connectivity index (χ4v) is 3.48. The van der Waals surface area contributed by atoms with E-state index >= 15 is 0 Å². The first kappa shape index (κ1) is 17.3. The number of carbonyl (C=O) groups is 1.